The van der Waals surface area contributed by atoms with Crippen LogP contribution in [-0.4, -0.2) is 28.2 Å². The van der Waals surface area contributed by atoms with Crippen molar-refractivity contribution in [2.24, 2.45) is 0 Å². The number of amides is 1. The molecule has 0 spiro atoms. The van der Waals surface area contributed by atoms with Crippen molar-refractivity contribution in [1.29, 1.82) is 0 Å². The first-order valence-corrected chi connectivity index (χ1v) is 10.4. The minimum Gasteiger partial charge on any atom is -0.507 e. The predicted octanol–water partition coefficient (Wildman–Crippen LogP) is 4.97. The number of likely N-dealkylation sites (tertiary alicyclic amines) is 1. The van der Waals surface area contributed by atoms with Crippen LogP contribution in [0.15, 0.2) is 84.4 Å². The van der Waals surface area contributed by atoms with Gasteiger partial charge in [-0.1, -0.05) is 90.0 Å². The highest BCUT2D eigenvalue weighted by molar-refractivity contribution is 6.46. The zero-order valence-electron chi connectivity index (χ0n) is 17.7. The minimum absolute atomic E-state index is 0.133. The molecule has 3 aromatic rings. The molecule has 1 aliphatic heterocycles. The molecule has 4 heteroatoms. The molecule has 0 bridgehead atoms. The number of carbonyl (C=O) groups excluding carboxylic acids is 2. The van der Waals surface area contributed by atoms with Crippen LogP contribution in [-0.2, 0) is 16.0 Å². The first kappa shape index (κ1) is 20.6. The van der Waals surface area contributed by atoms with Crippen molar-refractivity contribution >= 4 is 17.4 Å². The van der Waals surface area contributed by atoms with E-state index >= 15 is 0 Å². The normalized spacial score (nSPS) is 17.9. The van der Waals surface area contributed by atoms with Crippen LogP contribution < -0.4 is 0 Å². The fraction of sp³-hybridized carbons (Fsp3) is 0.185. The highest BCUT2D eigenvalue weighted by Gasteiger charge is 2.45. The molecule has 0 aliphatic carbocycles. The maximum absolute atomic E-state index is 13.1. The molecule has 0 saturated carbocycles. The Labute approximate surface area is 182 Å². The standard InChI is InChI=1S/C27H25NO3/c1-18-8-12-21(13-9-18)24-23(25(29)22-14-10-19(2)11-15-22)26(30)27(31)28(24)17-16-20-6-4-3-5-7-20/h3-15,24,29H,16-17H2,1-2H3/t24-/m1/s1. The maximum Gasteiger partial charge on any atom is 0.295 e. The molecule has 3 aromatic carbocycles. The van der Waals surface area contributed by atoms with Crippen LogP contribution in [0.3, 0.4) is 0 Å². The van der Waals surface area contributed by atoms with Crippen LogP contribution in [0.4, 0.5) is 0 Å². The van der Waals surface area contributed by atoms with Crippen molar-refractivity contribution in [3.63, 3.8) is 0 Å². The highest BCUT2D eigenvalue weighted by atomic mass is 16.3. The Morgan fingerprint density at radius 3 is 2.03 bits per heavy atom. The zero-order chi connectivity index (χ0) is 22.0. The molecule has 1 fully saturated rings. The van der Waals surface area contributed by atoms with Gasteiger partial charge < -0.3 is 10.0 Å². The average Bonchev–Trinajstić information content (AvgIpc) is 3.04. The van der Waals surface area contributed by atoms with E-state index in [1.54, 1.807) is 17.0 Å². The Bertz CT molecular complexity index is 1130. The first-order chi connectivity index (χ1) is 15.0. The van der Waals surface area contributed by atoms with Crippen molar-refractivity contribution < 1.29 is 14.7 Å². The lowest BCUT2D eigenvalue weighted by atomic mass is 9.94. The summed E-state index contributed by atoms with van der Waals surface area (Å²) in [6.45, 7) is 4.33. The van der Waals surface area contributed by atoms with Gasteiger partial charge in [0.1, 0.15) is 5.76 Å². The van der Waals surface area contributed by atoms with E-state index in [2.05, 4.69) is 0 Å². The molecule has 4 rings (SSSR count). The molecule has 4 nitrogen and oxygen atoms in total. The molecular formula is C27H25NO3. The minimum atomic E-state index is -0.642. The Morgan fingerprint density at radius 2 is 1.42 bits per heavy atom. The van der Waals surface area contributed by atoms with Gasteiger partial charge >= 0.3 is 0 Å². The summed E-state index contributed by atoms with van der Waals surface area (Å²) in [5.74, 6) is -1.35. The molecule has 1 saturated heterocycles. The summed E-state index contributed by atoms with van der Waals surface area (Å²) >= 11 is 0. The van der Waals surface area contributed by atoms with Gasteiger partial charge in [0, 0.05) is 12.1 Å². The number of Topliss-reactive ketones (excluding diaryl/α,β-unsaturated/α-hetero) is 1. The molecule has 0 radical (unpaired) electrons. The molecule has 1 heterocycles. The van der Waals surface area contributed by atoms with E-state index in [0.29, 0.717) is 18.5 Å². The molecule has 1 N–H and O–H groups in total. The topological polar surface area (TPSA) is 57.6 Å². The maximum atomic E-state index is 13.1. The van der Waals surface area contributed by atoms with Gasteiger partial charge in [0.2, 0.25) is 0 Å². The Morgan fingerprint density at radius 1 is 0.839 bits per heavy atom. The number of nitrogens with zero attached hydrogens (tertiary/aromatic N) is 1. The molecule has 1 aliphatic rings. The Balaban J connectivity index is 1.78. The molecular weight excluding hydrogens is 386 g/mol. The third kappa shape index (κ3) is 4.15. The fourth-order valence-electron chi connectivity index (χ4n) is 3.97. The van der Waals surface area contributed by atoms with E-state index < -0.39 is 17.7 Å². The largest absolute Gasteiger partial charge is 0.507 e. The average molecular weight is 412 g/mol. The van der Waals surface area contributed by atoms with Crippen LogP contribution in [0.25, 0.3) is 5.76 Å². The van der Waals surface area contributed by atoms with Crippen molar-refractivity contribution in [2.45, 2.75) is 26.3 Å². The van der Waals surface area contributed by atoms with Crippen LogP contribution in [0.2, 0.25) is 0 Å². The third-order valence-electron chi connectivity index (χ3n) is 5.74. The number of ketones is 1. The Hall–Kier alpha value is -3.66. The number of carbonyl (C=O) groups is 2. The molecule has 0 aromatic heterocycles. The summed E-state index contributed by atoms with van der Waals surface area (Å²) in [5, 5.41) is 11.1. The molecule has 156 valence electrons. The van der Waals surface area contributed by atoms with Crippen LogP contribution in [0.5, 0.6) is 0 Å². The quantitative estimate of drug-likeness (QED) is 0.366. The van der Waals surface area contributed by atoms with Gasteiger partial charge in [-0.15, -0.1) is 0 Å². The lowest BCUT2D eigenvalue weighted by Gasteiger charge is -2.25. The number of hydrogen-bond acceptors (Lipinski definition) is 3. The van der Waals surface area contributed by atoms with Gasteiger partial charge in [0.05, 0.1) is 11.6 Å². The van der Waals surface area contributed by atoms with E-state index in [-0.39, 0.29) is 11.3 Å². The summed E-state index contributed by atoms with van der Waals surface area (Å²) in [5.41, 5.74) is 4.71. The number of aliphatic hydroxyl groups excluding tert-OH is 1. The second-order valence-corrected chi connectivity index (χ2v) is 8.00. The summed E-state index contributed by atoms with van der Waals surface area (Å²) in [7, 11) is 0. The number of aliphatic hydroxyl groups is 1. The van der Waals surface area contributed by atoms with Gasteiger partial charge in [-0.05, 0) is 31.4 Å². The molecule has 0 unspecified atom stereocenters. The van der Waals surface area contributed by atoms with E-state index in [4.69, 9.17) is 0 Å². The van der Waals surface area contributed by atoms with Crippen molar-refractivity contribution in [3.05, 3.63) is 112 Å². The third-order valence-corrected chi connectivity index (χ3v) is 5.74. The number of rotatable bonds is 5. The first-order valence-electron chi connectivity index (χ1n) is 10.4. The van der Waals surface area contributed by atoms with Gasteiger partial charge in [0.15, 0.2) is 0 Å². The summed E-state index contributed by atoms with van der Waals surface area (Å²) in [6, 6.07) is 24.3. The molecule has 1 amide bonds. The summed E-state index contributed by atoms with van der Waals surface area (Å²) in [6.07, 6.45) is 0.626. The molecule has 1 atom stereocenters. The van der Waals surface area contributed by atoms with Gasteiger partial charge in [0.25, 0.3) is 11.7 Å². The highest BCUT2D eigenvalue weighted by Crippen LogP contribution is 2.39. The van der Waals surface area contributed by atoms with E-state index in [1.807, 2.05) is 80.6 Å². The Kier molecular flexibility index (Phi) is 5.72. The van der Waals surface area contributed by atoms with Gasteiger partial charge in [-0.2, -0.15) is 0 Å². The van der Waals surface area contributed by atoms with Crippen LogP contribution in [0, 0.1) is 13.8 Å². The monoisotopic (exact) mass is 411 g/mol. The lowest BCUT2D eigenvalue weighted by molar-refractivity contribution is -0.139. The number of benzene rings is 3. The smallest absolute Gasteiger partial charge is 0.295 e. The van der Waals surface area contributed by atoms with Crippen LogP contribution >= 0.6 is 0 Å². The zero-order valence-corrected chi connectivity index (χ0v) is 17.7. The lowest BCUT2D eigenvalue weighted by Crippen LogP contribution is -2.31. The SMILES string of the molecule is Cc1ccc(C(O)=C2C(=O)C(=O)N(CCc3ccccc3)[C@@H]2c2ccc(C)cc2)cc1. The fourth-order valence-corrected chi connectivity index (χ4v) is 3.97. The number of aryl methyl sites for hydroxylation is 2. The predicted molar refractivity (Wildman–Crippen MR) is 122 cm³/mol. The summed E-state index contributed by atoms with van der Waals surface area (Å²) in [4.78, 5) is 27.6. The molecule has 31 heavy (non-hydrogen) atoms. The van der Waals surface area contributed by atoms with Crippen molar-refractivity contribution in [1.82, 2.24) is 4.90 Å². The van der Waals surface area contributed by atoms with Crippen LogP contribution in [0.1, 0.15) is 33.9 Å². The second-order valence-electron chi connectivity index (χ2n) is 8.00. The van der Waals surface area contributed by atoms with Gasteiger partial charge in [-0.25, -0.2) is 0 Å². The summed E-state index contributed by atoms with van der Waals surface area (Å²) < 4.78 is 0. The van der Waals surface area contributed by atoms with Gasteiger partial charge in [-0.3, -0.25) is 9.59 Å². The number of hydrogen-bond donors (Lipinski definition) is 1. The van der Waals surface area contributed by atoms with Crippen molar-refractivity contribution in [2.75, 3.05) is 6.54 Å². The van der Waals surface area contributed by atoms with E-state index in [9.17, 15) is 14.7 Å². The van der Waals surface area contributed by atoms with E-state index in [1.165, 1.54) is 0 Å². The second kappa shape index (κ2) is 8.60. The van der Waals surface area contributed by atoms with E-state index in [0.717, 1.165) is 22.3 Å². The van der Waals surface area contributed by atoms with Crippen molar-refractivity contribution in [3.8, 4) is 0 Å².